The summed E-state index contributed by atoms with van der Waals surface area (Å²) in [6, 6.07) is 13.0. The van der Waals surface area contributed by atoms with Gasteiger partial charge in [0, 0.05) is 5.56 Å². The van der Waals surface area contributed by atoms with Crippen LogP contribution < -0.4 is 5.32 Å². The first-order valence-electron chi connectivity index (χ1n) is 9.01. The van der Waals surface area contributed by atoms with Gasteiger partial charge in [-0.05, 0) is 36.3 Å². The minimum Gasteiger partial charge on any atom is -0.344 e. The molecule has 0 aliphatic carbocycles. The molecule has 10 heteroatoms. The lowest BCUT2D eigenvalue weighted by Gasteiger charge is -2.15. The maximum atomic E-state index is 12.9. The number of Topliss-reactive ketones (excluding diaryl/α,β-unsaturated/α-hetero) is 1. The van der Waals surface area contributed by atoms with E-state index in [-0.39, 0.29) is 23.7 Å². The number of tetrazole rings is 1. The number of ketones is 1. The number of benzene rings is 2. The topological polar surface area (TPSA) is 89.8 Å². The van der Waals surface area contributed by atoms with Crippen LogP contribution in [0.2, 0.25) is 0 Å². The molecule has 0 saturated heterocycles. The molecule has 1 atom stereocenters. The van der Waals surface area contributed by atoms with Crippen molar-refractivity contribution in [1.29, 1.82) is 0 Å². The Kier molecular flexibility index (Phi) is 6.24. The second-order valence-corrected chi connectivity index (χ2v) is 6.64. The maximum Gasteiger partial charge on any atom is 0.416 e. The van der Waals surface area contributed by atoms with Crippen molar-refractivity contribution >= 4 is 11.7 Å². The molecule has 0 radical (unpaired) electrons. The van der Waals surface area contributed by atoms with Crippen LogP contribution in [0.1, 0.15) is 18.1 Å². The highest BCUT2D eigenvalue weighted by molar-refractivity contribution is 5.87. The quantitative estimate of drug-likeness (QED) is 0.639. The van der Waals surface area contributed by atoms with Crippen molar-refractivity contribution in [1.82, 2.24) is 25.5 Å². The highest BCUT2D eigenvalue weighted by Crippen LogP contribution is 2.31. The summed E-state index contributed by atoms with van der Waals surface area (Å²) in [5, 5.41) is 14.0. The van der Waals surface area contributed by atoms with Gasteiger partial charge < -0.3 is 5.32 Å². The maximum absolute atomic E-state index is 12.9. The molecule has 3 rings (SSSR count). The Labute approximate surface area is 169 Å². The third-order valence-corrected chi connectivity index (χ3v) is 4.29. The predicted molar refractivity (Wildman–Crippen MR) is 101 cm³/mol. The van der Waals surface area contributed by atoms with Crippen LogP contribution in [-0.2, 0) is 28.7 Å². The second kappa shape index (κ2) is 8.85. The van der Waals surface area contributed by atoms with E-state index in [1.807, 2.05) is 30.3 Å². The number of hydrogen-bond donors (Lipinski definition) is 1. The fourth-order valence-corrected chi connectivity index (χ4v) is 2.77. The molecule has 156 valence electrons. The molecule has 1 N–H and O–H groups in total. The molecule has 0 spiro atoms. The largest absolute Gasteiger partial charge is 0.416 e. The molecule has 1 aromatic heterocycles. The van der Waals surface area contributed by atoms with Crippen molar-refractivity contribution in [3.05, 3.63) is 65.7 Å². The third kappa shape index (κ3) is 5.49. The zero-order valence-corrected chi connectivity index (χ0v) is 15.9. The summed E-state index contributed by atoms with van der Waals surface area (Å²) in [5.74, 6) is -0.760. The Bertz CT molecular complexity index is 1030. The summed E-state index contributed by atoms with van der Waals surface area (Å²) in [4.78, 5) is 25.2. The zero-order chi connectivity index (χ0) is 21.7. The molecule has 7 nitrogen and oxygen atoms in total. The lowest BCUT2D eigenvalue weighted by Crippen LogP contribution is -2.43. The third-order valence-electron chi connectivity index (χ3n) is 4.29. The monoisotopic (exact) mass is 417 g/mol. The van der Waals surface area contributed by atoms with Crippen molar-refractivity contribution in [2.75, 3.05) is 0 Å². The van der Waals surface area contributed by atoms with Crippen molar-refractivity contribution < 1.29 is 22.8 Å². The second-order valence-electron chi connectivity index (χ2n) is 6.64. The van der Waals surface area contributed by atoms with Crippen molar-refractivity contribution in [2.24, 2.45) is 0 Å². The number of rotatable bonds is 7. The van der Waals surface area contributed by atoms with E-state index in [1.165, 1.54) is 19.1 Å². The first-order valence-corrected chi connectivity index (χ1v) is 9.01. The summed E-state index contributed by atoms with van der Waals surface area (Å²) < 4.78 is 38.6. The average molecular weight is 417 g/mol. The van der Waals surface area contributed by atoms with E-state index in [4.69, 9.17) is 0 Å². The van der Waals surface area contributed by atoms with Crippen molar-refractivity contribution in [3.63, 3.8) is 0 Å². The number of hydrogen-bond acceptors (Lipinski definition) is 5. The molecule has 0 fully saturated rings. The van der Waals surface area contributed by atoms with E-state index in [1.54, 1.807) is 0 Å². The van der Waals surface area contributed by atoms with Crippen LogP contribution >= 0.6 is 0 Å². The number of carbonyl (C=O) groups is 2. The van der Waals surface area contributed by atoms with Gasteiger partial charge in [0.25, 0.3) is 0 Å². The highest BCUT2D eigenvalue weighted by Gasteiger charge is 2.30. The van der Waals surface area contributed by atoms with E-state index in [2.05, 4.69) is 20.7 Å². The zero-order valence-electron chi connectivity index (χ0n) is 15.9. The predicted octanol–water partition coefficient (Wildman–Crippen LogP) is 2.68. The van der Waals surface area contributed by atoms with Gasteiger partial charge in [-0.25, -0.2) is 0 Å². The molecule has 0 unspecified atom stereocenters. The van der Waals surface area contributed by atoms with E-state index in [0.29, 0.717) is 6.42 Å². The van der Waals surface area contributed by atoms with Crippen LogP contribution in [0.15, 0.2) is 54.6 Å². The summed E-state index contributed by atoms with van der Waals surface area (Å²) in [7, 11) is 0. The average Bonchev–Trinajstić information content (AvgIpc) is 3.16. The molecule has 0 aliphatic rings. The molecule has 0 saturated carbocycles. The van der Waals surface area contributed by atoms with E-state index in [0.717, 1.165) is 22.5 Å². The number of nitrogens with zero attached hydrogens (tertiary/aromatic N) is 4. The van der Waals surface area contributed by atoms with Crippen LogP contribution in [-0.4, -0.2) is 37.9 Å². The number of halogens is 3. The summed E-state index contributed by atoms with van der Waals surface area (Å²) in [6.45, 7) is 1.05. The van der Waals surface area contributed by atoms with Gasteiger partial charge >= 0.3 is 6.18 Å². The van der Waals surface area contributed by atoms with Gasteiger partial charge in [-0.2, -0.15) is 18.0 Å². The van der Waals surface area contributed by atoms with Crippen LogP contribution in [0.3, 0.4) is 0 Å². The van der Waals surface area contributed by atoms with Gasteiger partial charge in [0.15, 0.2) is 5.78 Å². The highest BCUT2D eigenvalue weighted by atomic mass is 19.4. The van der Waals surface area contributed by atoms with Crippen LogP contribution in [0.5, 0.6) is 0 Å². The molecule has 30 heavy (non-hydrogen) atoms. The minimum atomic E-state index is -4.49. The van der Waals surface area contributed by atoms with Gasteiger partial charge in [0.05, 0.1) is 11.6 Å². The first kappa shape index (κ1) is 21.2. The molecule has 3 aromatic rings. The summed E-state index contributed by atoms with van der Waals surface area (Å²) >= 11 is 0. The van der Waals surface area contributed by atoms with Crippen molar-refractivity contribution in [3.8, 4) is 11.4 Å². The number of amides is 1. The Morgan fingerprint density at radius 2 is 1.83 bits per heavy atom. The minimum absolute atomic E-state index is 0.0405. The Morgan fingerprint density at radius 3 is 2.50 bits per heavy atom. The summed E-state index contributed by atoms with van der Waals surface area (Å²) in [5.41, 5.74) is 0.185. The van der Waals surface area contributed by atoms with Crippen molar-refractivity contribution in [2.45, 2.75) is 32.1 Å². The van der Waals surface area contributed by atoms with E-state index >= 15 is 0 Å². The Morgan fingerprint density at radius 1 is 1.10 bits per heavy atom. The molecule has 2 aromatic carbocycles. The van der Waals surface area contributed by atoms with Crippen LogP contribution in [0.25, 0.3) is 11.4 Å². The molecule has 1 heterocycles. The van der Waals surface area contributed by atoms with Crippen LogP contribution in [0.4, 0.5) is 13.2 Å². The molecular weight excluding hydrogens is 399 g/mol. The lowest BCUT2D eigenvalue weighted by molar-refractivity contribution is -0.137. The molecule has 0 bridgehead atoms. The molecule has 0 aliphatic heterocycles. The Hall–Kier alpha value is -3.56. The van der Waals surface area contributed by atoms with Gasteiger partial charge in [-0.1, -0.05) is 42.5 Å². The Balaban J connectivity index is 1.66. The lowest BCUT2D eigenvalue weighted by atomic mass is 10.0. The summed E-state index contributed by atoms with van der Waals surface area (Å²) in [6.07, 6.45) is -4.16. The molecule has 1 amide bonds. The standard InChI is InChI=1S/C20H18F3N5O2/c1-13(29)17(10-14-6-3-2-4-7-14)24-18(30)12-28-26-19(25-27-28)15-8-5-9-16(11-15)20(21,22)23/h2-9,11,17H,10,12H2,1H3,(H,24,30)/t17-/m0/s1. The smallest absolute Gasteiger partial charge is 0.344 e. The fourth-order valence-electron chi connectivity index (χ4n) is 2.77. The normalized spacial score (nSPS) is 12.4. The number of alkyl halides is 3. The number of nitrogens with one attached hydrogen (secondary N) is 1. The fraction of sp³-hybridized carbons (Fsp3) is 0.250. The first-order chi connectivity index (χ1) is 14.2. The van der Waals surface area contributed by atoms with Crippen LogP contribution in [0, 0.1) is 0 Å². The SMILES string of the molecule is CC(=O)[C@H](Cc1ccccc1)NC(=O)Cn1nnc(-c2cccc(C(F)(F)F)c2)n1. The van der Waals surface area contributed by atoms with Gasteiger partial charge in [-0.3, -0.25) is 9.59 Å². The number of aromatic nitrogens is 4. The van der Waals surface area contributed by atoms with Gasteiger partial charge in [-0.15, -0.1) is 10.2 Å². The van der Waals surface area contributed by atoms with E-state index in [9.17, 15) is 22.8 Å². The number of carbonyl (C=O) groups excluding carboxylic acids is 2. The molecular formula is C20H18F3N5O2. The van der Waals surface area contributed by atoms with E-state index < -0.39 is 23.7 Å². The van der Waals surface area contributed by atoms with Gasteiger partial charge in [0.2, 0.25) is 11.7 Å². The van der Waals surface area contributed by atoms with Gasteiger partial charge in [0.1, 0.15) is 6.54 Å².